The van der Waals surface area contributed by atoms with E-state index < -0.39 is 11.7 Å². The van der Waals surface area contributed by atoms with Crippen LogP contribution in [0.15, 0.2) is 67.0 Å². The van der Waals surface area contributed by atoms with Gasteiger partial charge in [0.25, 0.3) is 0 Å². The Kier molecular flexibility index (Phi) is 10.8. The zero-order valence-corrected chi connectivity index (χ0v) is 32.1. The van der Waals surface area contributed by atoms with Crippen molar-refractivity contribution in [3.8, 4) is 39.5 Å². The number of benzene rings is 2. The molecule has 0 bridgehead atoms. The van der Waals surface area contributed by atoms with Crippen molar-refractivity contribution in [2.45, 2.75) is 58.3 Å². The summed E-state index contributed by atoms with van der Waals surface area (Å²) in [5.74, 6) is 0.320. The summed E-state index contributed by atoms with van der Waals surface area (Å²) in [6, 6.07) is 17.5. The second kappa shape index (κ2) is 15.1. The number of aromatic nitrogens is 3. The Balaban J connectivity index is 1.31. The van der Waals surface area contributed by atoms with Crippen molar-refractivity contribution in [2.24, 2.45) is 7.05 Å². The molecule has 0 radical (unpaired) electrons. The van der Waals surface area contributed by atoms with Gasteiger partial charge >= 0.3 is 6.09 Å². The highest BCUT2D eigenvalue weighted by atomic mass is 35.5. The summed E-state index contributed by atoms with van der Waals surface area (Å²) >= 11 is 14.3. The van der Waals surface area contributed by atoms with Crippen molar-refractivity contribution in [1.29, 1.82) is 0 Å². The van der Waals surface area contributed by atoms with E-state index in [9.17, 15) is 9.59 Å². The lowest BCUT2D eigenvalue weighted by Gasteiger charge is -2.29. The van der Waals surface area contributed by atoms with Crippen LogP contribution in [0, 0.1) is 0 Å². The molecule has 1 atom stereocenters. The van der Waals surface area contributed by atoms with Crippen molar-refractivity contribution >= 4 is 46.1 Å². The highest BCUT2D eigenvalue weighted by molar-refractivity contribution is 6.39. The van der Waals surface area contributed by atoms with Gasteiger partial charge in [0.15, 0.2) is 0 Å². The Labute approximate surface area is 314 Å². The fraction of sp³-hybridized carbons (Fsp3) is 0.350. The number of carbonyl (C=O) groups excluding carboxylic acids is 2. The molecule has 0 aliphatic carbocycles. The topological polar surface area (TPSA) is 102 Å². The van der Waals surface area contributed by atoms with Gasteiger partial charge in [-0.2, -0.15) is 0 Å². The van der Waals surface area contributed by atoms with E-state index in [-0.39, 0.29) is 18.5 Å². The van der Waals surface area contributed by atoms with Gasteiger partial charge in [0.2, 0.25) is 11.8 Å². The van der Waals surface area contributed by atoms with E-state index in [1.165, 1.54) is 18.1 Å². The van der Waals surface area contributed by atoms with Crippen molar-refractivity contribution in [3.05, 3.63) is 88.2 Å². The number of pyridine rings is 2. The van der Waals surface area contributed by atoms with Gasteiger partial charge in [-0.3, -0.25) is 9.78 Å². The second-order valence-electron chi connectivity index (χ2n) is 14.5. The van der Waals surface area contributed by atoms with E-state index in [0.29, 0.717) is 57.8 Å². The molecule has 2 amide bonds. The van der Waals surface area contributed by atoms with Crippen molar-refractivity contribution in [1.82, 2.24) is 29.7 Å². The van der Waals surface area contributed by atoms with Crippen molar-refractivity contribution in [3.63, 3.8) is 0 Å². The van der Waals surface area contributed by atoms with Crippen LogP contribution < -0.4 is 10.1 Å². The molecule has 1 saturated heterocycles. The quantitative estimate of drug-likeness (QED) is 0.153. The van der Waals surface area contributed by atoms with Crippen LogP contribution in [0.3, 0.4) is 0 Å². The summed E-state index contributed by atoms with van der Waals surface area (Å²) < 4.78 is 13.6. The summed E-state index contributed by atoms with van der Waals surface area (Å²) in [7, 11) is 7.71. The van der Waals surface area contributed by atoms with E-state index in [2.05, 4.69) is 58.3 Å². The average Bonchev–Trinajstić information content (AvgIpc) is 3.64. The molecule has 1 aliphatic rings. The lowest BCUT2D eigenvalue weighted by Crippen LogP contribution is -2.43. The summed E-state index contributed by atoms with van der Waals surface area (Å²) in [6.07, 6.45) is 4.50. The van der Waals surface area contributed by atoms with E-state index in [1.54, 1.807) is 11.1 Å². The van der Waals surface area contributed by atoms with Crippen LogP contribution in [-0.2, 0) is 29.7 Å². The predicted octanol–water partition coefficient (Wildman–Crippen LogP) is 8.36. The molecule has 6 rings (SSSR count). The minimum atomic E-state index is -0.689. The van der Waals surface area contributed by atoms with E-state index in [4.69, 9.17) is 37.7 Å². The van der Waals surface area contributed by atoms with Gasteiger partial charge in [-0.25, -0.2) is 9.78 Å². The number of halogens is 2. The molecule has 1 aliphatic heterocycles. The third-order valence-electron chi connectivity index (χ3n) is 8.96. The molecule has 1 N–H and O–H groups in total. The van der Waals surface area contributed by atoms with Gasteiger partial charge in [0, 0.05) is 83.7 Å². The Morgan fingerprint density at radius 1 is 1.00 bits per heavy atom. The van der Waals surface area contributed by atoms with Crippen molar-refractivity contribution < 1.29 is 19.1 Å². The number of carbonyl (C=O) groups is 2. The van der Waals surface area contributed by atoms with Gasteiger partial charge in [-0.1, -0.05) is 53.5 Å². The number of aryl methyl sites for hydroxylation is 1. The largest absolute Gasteiger partial charge is 0.481 e. The third-order valence-corrected chi connectivity index (χ3v) is 9.75. The standard InChI is InChI=1S/C40H44Cl2N6O4/c1-40(2,3)52-39(50)48(23-27-13-16-34(49)44-27)22-25-12-15-32(45-38(25)51-7)31-10-8-9-29(35(31)41)30-17-18-43-37(36(30)42)24-11-14-28-26(20-46(4)5)21-47(6)33(28)19-24/h8-12,14-15,17-19,21,27H,13,16,20,22-23H2,1-7H3,(H,44,49)/t27-/m0/s1. The Morgan fingerprint density at radius 2 is 1.75 bits per heavy atom. The molecule has 2 aromatic carbocycles. The smallest absolute Gasteiger partial charge is 0.410 e. The fourth-order valence-corrected chi connectivity index (χ4v) is 7.25. The molecule has 3 aromatic heterocycles. The highest BCUT2D eigenvalue weighted by Crippen LogP contribution is 2.42. The third kappa shape index (κ3) is 8.04. The highest BCUT2D eigenvalue weighted by Gasteiger charge is 2.29. The second-order valence-corrected chi connectivity index (χ2v) is 15.2. The maximum absolute atomic E-state index is 13.3. The SMILES string of the molecule is COc1nc(-c2cccc(-c3ccnc(-c4ccc5c(CN(C)C)cn(C)c5c4)c3Cl)c2Cl)ccc1CN(C[C@@H]1CCC(=O)N1)C(=O)OC(C)(C)C. The lowest BCUT2D eigenvalue weighted by atomic mass is 9.99. The first-order chi connectivity index (χ1) is 24.7. The Hall–Kier alpha value is -4.64. The number of methoxy groups -OCH3 is 1. The number of nitrogens with zero attached hydrogens (tertiary/aromatic N) is 5. The zero-order valence-electron chi connectivity index (χ0n) is 30.6. The van der Waals surface area contributed by atoms with Gasteiger partial charge in [-0.05, 0) is 71.1 Å². The van der Waals surface area contributed by atoms with Crippen LogP contribution in [0.5, 0.6) is 5.88 Å². The van der Waals surface area contributed by atoms with Gasteiger partial charge < -0.3 is 29.2 Å². The number of hydrogen-bond donors (Lipinski definition) is 1. The van der Waals surface area contributed by atoms with E-state index in [1.807, 2.05) is 64.2 Å². The molecule has 52 heavy (non-hydrogen) atoms. The molecule has 0 spiro atoms. The van der Waals surface area contributed by atoms with Crippen LogP contribution in [0.25, 0.3) is 44.5 Å². The number of ether oxygens (including phenoxy) is 2. The van der Waals surface area contributed by atoms with Crippen LogP contribution in [0.2, 0.25) is 10.0 Å². The Morgan fingerprint density at radius 3 is 2.44 bits per heavy atom. The first kappa shape index (κ1) is 37.1. The lowest BCUT2D eigenvalue weighted by molar-refractivity contribution is -0.119. The molecule has 10 nitrogen and oxygen atoms in total. The first-order valence-corrected chi connectivity index (χ1v) is 18.0. The molecule has 272 valence electrons. The van der Waals surface area contributed by atoms with Crippen molar-refractivity contribution in [2.75, 3.05) is 27.7 Å². The predicted molar refractivity (Wildman–Crippen MR) is 207 cm³/mol. The van der Waals surface area contributed by atoms with Gasteiger partial charge in [0.05, 0.1) is 35.1 Å². The van der Waals surface area contributed by atoms with E-state index in [0.717, 1.165) is 28.8 Å². The molecular weight excluding hydrogens is 699 g/mol. The molecule has 0 unspecified atom stereocenters. The minimum Gasteiger partial charge on any atom is -0.481 e. The first-order valence-electron chi connectivity index (χ1n) is 17.2. The normalized spacial score (nSPS) is 14.6. The number of rotatable bonds is 10. The number of hydrogen-bond acceptors (Lipinski definition) is 7. The summed E-state index contributed by atoms with van der Waals surface area (Å²) in [5, 5.41) is 5.10. The molecule has 12 heteroatoms. The van der Waals surface area contributed by atoms with Crippen LogP contribution in [-0.4, -0.2) is 75.7 Å². The molecule has 0 saturated carbocycles. The summed E-state index contributed by atoms with van der Waals surface area (Å²) in [4.78, 5) is 38.4. The fourth-order valence-electron chi connectivity index (χ4n) is 6.61. The van der Waals surface area contributed by atoms with Crippen LogP contribution >= 0.6 is 23.2 Å². The number of nitrogens with one attached hydrogen (secondary N) is 1. The molecular formula is C40H44Cl2N6O4. The number of fused-ring (bicyclic) bond motifs is 1. The number of amides is 2. The minimum absolute atomic E-state index is 0.0241. The maximum Gasteiger partial charge on any atom is 0.410 e. The Bertz CT molecular complexity index is 2140. The average molecular weight is 744 g/mol. The summed E-state index contributed by atoms with van der Waals surface area (Å²) in [5.41, 5.74) is 6.67. The maximum atomic E-state index is 13.3. The van der Waals surface area contributed by atoms with E-state index >= 15 is 0 Å². The molecule has 5 aromatic rings. The van der Waals surface area contributed by atoms with Gasteiger partial charge in [-0.15, -0.1) is 0 Å². The molecule has 1 fully saturated rings. The monoisotopic (exact) mass is 742 g/mol. The molecule has 4 heterocycles. The zero-order chi connectivity index (χ0) is 37.3. The summed E-state index contributed by atoms with van der Waals surface area (Å²) in [6.45, 7) is 6.77. The van der Waals surface area contributed by atoms with Gasteiger partial charge in [0.1, 0.15) is 5.60 Å². The van der Waals surface area contributed by atoms with Crippen LogP contribution in [0.4, 0.5) is 4.79 Å². The van der Waals surface area contributed by atoms with Crippen LogP contribution in [0.1, 0.15) is 44.7 Å².